The van der Waals surface area contributed by atoms with E-state index >= 15 is 0 Å². The van der Waals surface area contributed by atoms with Gasteiger partial charge in [0.2, 0.25) is 10.0 Å². The summed E-state index contributed by atoms with van der Waals surface area (Å²) in [6.07, 6.45) is -0.771. The number of rotatable bonds is 8. The third-order valence-corrected chi connectivity index (χ3v) is 6.19. The average Bonchev–Trinajstić information content (AvgIpc) is 2.69. The minimum Gasteiger partial charge on any atom is -0.481 e. The maximum atomic E-state index is 12.5. The Labute approximate surface area is 165 Å². The summed E-state index contributed by atoms with van der Waals surface area (Å²) >= 11 is 0. The Morgan fingerprint density at radius 1 is 1.11 bits per heavy atom. The topological polar surface area (TPSA) is 99.5 Å². The number of carbonyl (C=O) groups is 1. The number of nitrogens with zero attached hydrogens (tertiary/aromatic N) is 2. The van der Waals surface area contributed by atoms with Gasteiger partial charge in [-0.15, -0.1) is 0 Å². The fourth-order valence-corrected chi connectivity index (χ4v) is 3.99. The number of hydrogen-bond donors (Lipinski definition) is 1. The van der Waals surface area contributed by atoms with Crippen molar-refractivity contribution in [3.63, 3.8) is 0 Å². The number of anilines is 1. The van der Waals surface area contributed by atoms with Crippen LogP contribution in [0.4, 0.5) is 5.69 Å². The van der Waals surface area contributed by atoms with Gasteiger partial charge in [-0.3, -0.25) is 4.79 Å². The molecule has 0 unspecified atom stereocenters. The molecule has 0 aliphatic heterocycles. The summed E-state index contributed by atoms with van der Waals surface area (Å²) in [6.45, 7) is 5.95. The molecule has 1 atom stereocenters. The highest BCUT2D eigenvalue weighted by molar-refractivity contribution is 7.89. The van der Waals surface area contributed by atoms with Crippen LogP contribution in [0.2, 0.25) is 0 Å². The predicted octanol–water partition coefficient (Wildman–Crippen LogP) is 2.99. The van der Waals surface area contributed by atoms with Crippen LogP contribution in [0, 0.1) is 11.3 Å². The zero-order valence-corrected chi connectivity index (χ0v) is 16.9. The molecule has 0 heterocycles. The Balaban J connectivity index is 2.02. The SMILES string of the molecule is CCN(CC)S(=O)(=O)c1ccc(NC(=O)[C@@H](C)Oc2ccc(C#N)cc2)cc1. The van der Waals surface area contributed by atoms with Crippen molar-refractivity contribution < 1.29 is 17.9 Å². The Bertz CT molecular complexity index is 944. The maximum absolute atomic E-state index is 12.5. The zero-order chi connectivity index (χ0) is 20.7. The van der Waals surface area contributed by atoms with E-state index in [1.54, 1.807) is 57.2 Å². The van der Waals surface area contributed by atoms with Crippen molar-refractivity contribution in [1.82, 2.24) is 4.31 Å². The predicted molar refractivity (Wildman–Crippen MR) is 106 cm³/mol. The number of nitrogens with one attached hydrogen (secondary N) is 1. The van der Waals surface area contributed by atoms with Gasteiger partial charge in [-0.2, -0.15) is 9.57 Å². The first-order valence-electron chi connectivity index (χ1n) is 8.89. The molecule has 0 radical (unpaired) electrons. The van der Waals surface area contributed by atoms with Gasteiger partial charge in [0.25, 0.3) is 5.91 Å². The highest BCUT2D eigenvalue weighted by Crippen LogP contribution is 2.19. The van der Waals surface area contributed by atoms with Gasteiger partial charge < -0.3 is 10.1 Å². The van der Waals surface area contributed by atoms with Gasteiger partial charge in [0, 0.05) is 18.8 Å². The minimum absolute atomic E-state index is 0.177. The summed E-state index contributed by atoms with van der Waals surface area (Å²) in [4.78, 5) is 12.5. The van der Waals surface area contributed by atoms with Crippen molar-refractivity contribution in [3.8, 4) is 11.8 Å². The first-order valence-corrected chi connectivity index (χ1v) is 10.3. The Morgan fingerprint density at radius 2 is 1.68 bits per heavy atom. The summed E-state index contributed by atoms with van der Waals surface area (Å²) < 4.78 is 31.9. The first kappa shape index (κ1) is 21.4. The fraction of sp³-hybridized carbons (Fsp3) is 0.300. The minimum atomic E-state index is -3.54. The van der Waals surface area contributed by atoms with Crippen LogP contribution in [0.15, 0.2) is 53.4 Å². The van der Waals surface area contributed by atoms with E-state index in [2.05, 4.69) is 5.32 Å². The summed E-state index contributed by atoms with van der Waals surface area (Å²) in [6, 6.07) is 14.5. The van der Waals surface area contributed by atoms with Crippen molar-refractivity contribution in [3.05, 3.63) is 54.1 Å². The summed E-state index contributed by atoms with van der Waals surface area (Å²) in [7, 11) is -3.54. The molecule has 148 valence electrons. The molecule has 0 aliphatic carbocycles. The number of benzene rings is 2. The molecule has 8 heteroatoms. The van der Waals surface area contributed by atoms with Gasteiger partial charge in [0.1, 0.15) is 5.75 Å². The molecule has 0 fully saturated rings. The highest BCUT2D eigenvalue weighted by atomic mass is 32.2. The number of hydrogen-bond acceptors (Lipinski definition) is 5. The molecule has 0 aliphatic rings. The van der Waals surface area contributed by atoms with E-state index in [1.165, 1.54) is 16.4 Å². The summed E-state index contributed by atoms with van der Waals surface area (Å²) in [5.74, 6) is 0.103. The van der Waals surface area contributed by atoms with E-state index in [9.17, 15) is 13.2 Å². The third kappa shape index (κ3) is 5.09. The van der Waals surface area contributed by atoms with Gasteiger partial charge in [-0.05, 0) is 55.5 Å². The largest absolute Gasteiger partial charge is 0.481 e. The molecule has 1 amide bonds. The van der Waals surface area contributed by atoms with Gasteiger partial charge in [0.15, 0.2) is 6.10 Å². The lowest BCUT2D eigenvalue weighted by Crippen LogP contribution is -2.31. The van der Waals surface area contributed by atoms with Crippen molar-refractivity contribution in [2.75, 3.05) is 18.4 Å². The lowest BCUT2D eigenvalue weighted by Gasteiger charge is -2.19. The first-order chi connectivity index (χ1) is 13.3. The van der Waals surface area contributed by atoms with Crippen LogP contribution in [0.25, 0.3) is 0 Å². The van der Waals surface area contributed by atoms with Crippen molar-refractivity contribution in [2.45, 2.75) is 31.8 Å². The lowest BCUT2D eigenvalue weighted by atomic mass is 10.2. The molecule has 0 aromatic heterocycles. The monoisotopic (exact) mass is 401 g/mol. The third-order valence-electron chi connectivity index (χ3n) is 4.13. The molecule has 0 saturated carbocycles. The molecule has 0 spiro atoms. The molecule has 0 saturated heterocycles. The van der Waals surface area contributed by atoms with Crippen LogP contribution < -0.4 is 10.1 Å². The van der Waals surface area contributed by atoms with E-state index in [0.717, 1.165) is 0 Å². The number of carbonyl (C=O) groups excluding carboxylic acids is 1. The zero-order valence-electron chi connectivity index (χ0n) is 16.0. The molecule has 0 bridgehead atoms. The van der Waals surface area contributed by atoms with Crippen LogP contribution in [0.1, 0.15) is 26.3 Å². The molecule has 2 rings (SSSR count). The van der Waals surface area contributed by atoms with Gasteiger partial charge in [-0.1, -0.05) is 13.8 Å². The molecule has 7 nitrogen and oxygen atoms in total. The normalized spacial score (nSPS) is 12.2. The van der Waals surface area contributed by atoms with Crippen LogP contribution in [0.3, 0.4) is 0 Å². The van der Waals surface area contributed by atoms with E-state index < -0.39 is 16.1 Å². The second kappa shape index (κ2) is 9.35. The smallest absolute Gasteiger partial charge is 0.265 e. The molecule has 2 aromatic rings. The fourth-order valence-electron chi connectivity index (χ4n) is 2.53. The Kier molecular flexibility index (Phi) is 7.15. The van der Waals surface area contributed by atoms with E-state index in [1.807, 2.05) is 6.07 Å². The number of ether oxygens (including phenoxy) is 1. The van der Waals surface area contributed by atoms with E-state index in [4.69, 9.17) is 10.00 Å². The molecule has 1 N–H and O–H groups in total. The second-order valence-electron chi connectivity index (χ2n) is 6.00. The summed E-state index contributed by atoms with van der Waals surface area (Å²) in [5, 5.41) is 11.5. The molecular weight excluding hydrogens is 378 g/mol. The average molecular weight is 401 g/mol. The van der Waals surface area contributed by atoms with Gasteiger partial charge >= 0.3 is 0 Å². The number of nitriles is 1. The second-order valence-corrected chi connectivity index (χ2v) is 7.94. The van der Waals surface area contributed by atoms with E-state index in [0.29, 0.717) is 30.1 Å². The Hall–Kier alpha value is -2.89. The van der Waals surface area contributed by atoms with Gasteiger partial charge in [0.05, 0.1) is 16.5 Å². The maximum Gasteiger partial charge on any atom is 0.265 e. The lowest BCUT2D eigenvalue weighted by molar-refractivity contribution is -0.122. The molecular formula is C20H23N3O4S. The molecule has 2 aromatic carbocycles. The van der Waals surface area contributed by atoms with Crippen molar-refractivity contribution >= 4 is 21.6 Å². The van der Waals surface area contributed by atoms with Crippen LogP contribution >= 0.6 is 0 Å². The summed E-state index contributed by atoms with van der Waals surface area (Å²) in [5.41, 5.74) is 0.975. The van der Waals surface area contributed by atoms with E-state index in [-0.39, 0.29) is 10.8 Å². The number of sulfonamides is 1. The van der Waals surface area contributed by atoms with Crippen LogP contribution in [-0.2, 0) is 14.8 Å². The molecule has 28 heavy (non-hydrogen) atoms. The van der Waals surface area contributed by atoms with Gasteiger partial charge in [-0.25, -0.2) is 8.42 Å². The van der Waals surface area contributed by atoms with Crippen LogP contribution in [-0.4, -0.2) is 37.8 Å². The van der Waals surface area contributed by atoms with Crippen LogP contribution in [0.5, 0.6) is 5.75 Å². The number of amides is 1. The highest BCUT2D eigenvalue weighted by Gasteiger charge is 2.21. The Morgan fingerprint density at radius 3 is 2.18 bits per heavy atom. The quantitative estimate of drug-likeness (QED) is 0.733. The standard InChI is InChI=1S/C20H23N3O4S/c1-4-23(5-2)28(25,26)19-12-8-17(9-13-19)22-20(24)15(3)27-18-10-6-16(14-21)7-11-18/h6-13,15H,4-5H2,1-3H3,(H,22,24)/t15-/m1/s1. The van der Waals surface area contributed by atoms with Crippen molar-refractivity contribution in [2.24, 2.45) is 0 Å². The van der Waals surface area contributed by atoms with Crippen molar-refractivity contribution in [1.29, 1.82) is 5.26 Å².